The number of benzene rings is 2. The topological polar surface area (TPSA) is 94.1 Å². The molecule has 0 bridgehead atoms. The van der Waals surface area contributed by atoms with Crippen LogP contribution in [0.25, 0.3) is 0 Å². The van der Waals surface area contributed by atoms with E-state index in [1.807, 2.05) is 27.7 Å². The van der Waals surface area contributed by atoms with E-state index in [-0.39, 0.29) is 6.42 Å². The van der Waals surface area contributed by atoms with E-state index in [1.54, 1.807) is 12.1 Å². The normalized spacial score (nSPS) is 19.0. The van der Waals surface area contributed by atoms with Gasteiger partial charge in [0, 0.05) is 11.9 Å². The SMILES string of the molecule is CC1(C)OB(c2ccc(CC(NC(=O)c3c(F)cccc3F)C(=O)O)c3c2OCCC3)OC1(C)C. The fraction of sp³-hybridized carbons (Fsp3) is 0.440. The summed E-state index contributed by atoms with van der Waals surface area (Å²) in [5, 5.41) is 12.0. The molecule has 1 fully saturated rings. The van der Waals surface area contributed by atoms with Crippen molar-refractivity contribution in [2.45, 2.75) is 64.2 Å². The minimum absolute atomic E-state index is 0.0908. The van der Waals surface area contributed by atoms with Gasteiger partial charge >= 0.3 is 13.1 Å². The summed E-state index contributed by atoms with van der Waals surface area (Å²) in [5.74, 6) is -4.00. The van der Waals surface area contributed by atoms with Crippen LogP contribution in [0.4, 0.5) is 8.78 Å². The summed E-state index contributed by atoms with van der Waals surface area (Å²) >= 11 is 0. The highest BCUT2D eigenvalue weighted by Gasteiger charge is 2.52. The minimum atomic E-state index is -1.41. The van der Waals surface area contributed by atoms with Gasteiger partial charge in [0.25, 0.3) is 5.91 Å². The van der Waals surface area contributed by atoms with Crippen LogP contribution in [0.1, 0.15) is 55.6 Å². The summed E-state index contributed by atoms with van der Waals surface area (Å²) < 4.78 is 46.4. The smallest absolute Gasteiger partial charge is 0.494 e. The molecule has 2 heterocycles. The third-order valence-corrected chi connectivity index (χ3v) is 6.93. The number of hydrogen-bond acceptors (Lipinski definition) is 5. The van der Waals surface area contributed by atoms with Gasteiger partial charge in [-0.05, 0) is 63.8 Å². The van der Waals surface area contributed by atoms with E-state index in [2.05, 4.69) is 5.32 Å². The van der Waals surface area contributed by atoms with E-state index in [1.165, 1.54) is 0 Å². The van der Waals surface area contributed by atoms with E-state index in [0.717, 1.165) is 30.2 Å². The standard InChI is InChI=1S/C25H28BF2NO6/c1-24(2)25(3,4)35-26(34-24)16-11-10-14(15-7-6-12-33-21(15)16)13-19(23(31)32)29-22(30)20-17(27)8-5-9-18(20)28/h5,8-11,19H,6-7,12-13H2,1-4H3,(H,29,30)(H,31,32). The van der Waals surface area contributed by atoms with Gasteiger partial charge in [0.1, 0.15) is 29.0 Å². The molecule has 2 aromatic carbocycles. The lowest BCUT2D eigenvalue weighted by atomic mass is 9.75. The summed E-state index contributed by atoms with van der Waals surface area (Å²) in [6.45, 7) is 8.30. The zero-order valence-electron chi connectivity index (χ0n) is 20.1. The number of halogens is 2. The molecule has 2 aliphatic rings. The first-order valence-electron chi connectivity index (χ1n) is 11.5. The Morgan fingerprint density at radius 1 is 1.09 bits per heavy atom. The van der Waals surface area contributed by atoms with Gasteiger partial charge in [-0.2, -0.15) is 0 Å². The highest BCUT2D eigenvalue weighted by atomic mass is 19.1. The van der Waals surface area contributed by atoms with Crippen LogP contribution in [-0.2, 0) is 26.9 Å². The monoisotopic (exact) mass is 487 g/mol. The number of fused-ring (bicyclic) bond motifs is 1. The summed E-state index contributed by atoms with van der Waals surface area (Å²) in [6, 6.07) is 5.14. The van der Waals surface area contributed by atoms with Crippen molar-refractivity contribution in [3.05, 3.63) is 58.7 Å². The molecule has 1 saturated heterocycles. The van der Waals surface area contributed by atoms with Gasteiger partial charge in [-0.25, -0.2) is 13.6 Å². The van der Waals surface area contributed by atoms with Crippen molar-refractivity contribution in [1.82, 2.24) is 5.32 Å². The quantitative estimate of drug-likeness (QED) is 0.609. The molecule has 4 rings (SSSR count). The second kappa shape index (κ2) is 9.24. The van der Waals surface area contributed by atoms with Crippen LogP contribution in [0.2, 0.25) is 0 Å². The third kappa shape index (κ3) is 4.77. The molecule has 2 N–H and O–H groups in total. The first-order chi connectivity index (χ1) is 16.4. The molecular weight excluding hydrogens is 459 g/mol. The molecule has 0 aromatic heterocycles. The molecule has 1 amide bonds. The maximum Gasteiger partial charge on any atom is 0.498 e. The average molecular weight is 487 g/mol. The molecule has 0 aliphatic carbocycles. The van der Waals surface area contributed by atoms with Crippen LogP contribution in [0.3, 0.4) is 0 Å². The molecular formula is C25H28BF2NO6. The van der Waals surface area contributed by atoms with Crippen molar-refractivity contribution in [2.24, 2.45) is 0 Å². The van der Waals surface area contributed by atoms with Crippen molar-refractivity contribution >= 4 is 24.5 Å². The van der Waals surface area contributed by atoms with Crippen molar-refractivity contribution in [1.29, 1.82) is 0 Å². The number of carboxylic acid groups (broad SMARTS) is 1. The Kier molecular flexibility index (Phi) is 6.63. The van der Waals surface area contributed by atoms with Crippen LogP contribution in [0, 0.1) is 11.6 Å². The van der Waals surface area contributed by atoms with Crippen molar-refractivity contribution in [3.63, 3.8) is 0 Å². The molecule has 2 aromatic rings. The van der Waals surface area contributed by atoms with Gasteiger partial charge in [-0.15, -0.1) is 0 Å². The molecule has 10 heteroatoms. The highest BCUT2D eigenvalue weighted by Crippen LogP contribution is 2.38. The fourth-order valence-corrected chi connectivity index (χ4v) is 4.27. The lowest BCUT2D eigenvalue weighted by molar-refractivity contribution is -0.139. The highest BCUT2D eigenvalue weighted by molar-refractivity contribution is 6.63. The Hall–Kier alpha value is -2.98. The second-order valence-corrected chi connectivity index (χ2v) is 9.83. The first-order valence-corrected chi connectivity index (χ1v) is 11.5. The zero-order chi connectivity index (χ0) is 25.5. The van der Waals surface area contributed by atoms with E-state index in [0.29, 0.717) is 29.8 Å². The Labute approximate surface area is 202 Å². The largest absolute Gasteiger partial charge is 0.498 e. The number of nitrogens with one attached hydrogen (secondary N) is 1. The Morgan fingerprint density at radius 2 is 1.71 bits per heavy atom. The van der Waals surface area contributed by atoms with Gasteiger partial charge in [-0.1, -0.05) is 18.2 Å². The van der Waals surface area contributed by atoms with Crippen molar-refractivity contribution < 1.29 is 37.5 Å². The summed E-state index contributed by atoms with van der Waals surface area (Å²) in [4.78, 5) is 24.5. The number of hydrogen-bond donors (Lipinski definition) is 2. The van der Waals surface area contributed by atoms with Gasteiger partial charge in [0.15, 0.2) is 0 Å². The lowest BCUT2D eigenvalue weighted by Crippen LogP contribution is -2.43. The summed E-state index contributed by atoms with van der Waals surface area (Å²) in [7, 11) is -0.653. The summed E-state index contributed by atoms with van der Waals surface area (Å²) in [6.07, 6.45) is 1.28. The average Bonchev–Trinajstić information content (AvgIpc) is 2.99. The molecule has 0 spiro atoms. The maximum absolute atomic E-state index is 14.0. The molecule has 0 saturated carbocycles. The van der Waals surface area contributed by atoms with E-state index >= 15 is 0 Å². The van der Waals surface area contributed by atoms with Gasteiger partial charge < -0.3 is 24.5 Å². The maximum atomic E-state index is 14.0. The molecule has 7 nitrogen and oxygen atoms in total. The van der Waals surface area contributed by atoms with Crippen LogP contribution in [-0.4, -0.2) is 48.0 Å². The number of carboxylic acids is 1. The van der Waals surface area contributed by atoms with Crippen LogP contribution < -0.4 is 15.5 Å². The second-order valence-electron chi connectivity index (χ2n) is 9.83. The zero-order valence-corrected chi connectivity index (χ0v) is 20.1. The Morgan fingerprint density at radius 3 is 2.31 bits per heavy atom. The van der Waals surface area contributed by atoms with Gasteiger partial charge in [0.2, 0.25) is 0 Å². The van der Waals surface area contributed by atoms with Crippen molar-refractivity contribution in [3.8, 4) is 5.75 Å². The number of ether oxygens (including phenoxy) is 1. The van der Waals surface area contributed by atoms with E-state index < -0.39 is 53.4 Å². The first kappa shape index (κ1) is 25.1. The minimum Gasteiger partial charge on any atom is -0.494 e. The van der Waals surface area contributed by atoms with Crippen LogP contribution >= 0.6 is 0 Å². The molecule has 35 heavy (non-hydrogen) atoms. The lowest BCUT2D eigenvalue weighted by Gasteiger charge is -2.32. The number of amides is 1. The predicted octanol–water partition coefficient (Wildman–Crippen LogP) is 3.01. The van der Waals surface area contributed by atoms with Crippen LogP contribution in [0.15, 0.2) is 30.3 Å². The van der Waals surface area contributed by atoms with Gasteiger partial charge in [-0.3, -0.25) is 4.79 Å². The molecule has 186 valence electrons. The Balaban J connectivity index is 1.62. The summed E-state index contributed by atoms with van der Waals surface area (Å²) in [5.41, 5.74) is 0.270. The van der Waals surface area contributed by atoms with Crippen molar-refractivity contribution in [2.75, 3.05) is 6.61 Å². The van der Waals surface area contributed by atoms with E-state index in [9.17, 15) is 23.5 Å². The third-order valence-electron chi connectivity index (χ3n) is 6.93. The fourth-order valence-electron chi connectivity index (χ4n) is 4.27. The number of carbonyl (C=O) groups is 2. The molecule has 2 aliphatic heterocycles. The van der Waals surface area contributed by atoms with E-state index in [4.69, 9.17) is 14.0 Å². The number of rotatable bonds is 6. The molecule has 0 radical (unpaired) electrons. The predicted molar refractivity (Wildman–Crippen MR) is 125 cm³/mol. The number of aliphatic carboxylic acids is 1. The van der Waals surface area contributed by atoms with Crippen LogP contribution in [0.5, 0.6) is 5.75 Å². The number of carbonyl (C=O) groups excluding carboxylic acids is 1. The molecule has 1 unspecified atom stereocenters. The van der Waals surface area contributed by atoms with Gasteiger partial charge in [0.05, 0.1) is 17.8 Å². The molecule has 1 atom stereocenters. The Bertz CT molecular complexity index is 1130.